The molecule has 2 fully saturated rings. The summed E-state index contributed by atoms with van der Waals surface area (Å²) in [5, 5.41) is 2.85. The summed E-state index contributed by atoms with van der Waals surface area (Å²) in [7, 11) is 1.50. The predicted molar refractivity (Wildman–Crippen MR) is 132 cm³/mol. The van der Waals surface area contributed by atoms with E-state index in [9.17, 15) is 14.4 Å². The first-order chi connectivity index (χ1) is 18.5. The maximum atomic E-state index is 12.8. The lowest BCUT2D eigenvalue weighted by molar-refractivity contribution is -0.150. The number of likely N-dealkylation sites (tertiary alicyclic amines) is 1. The molecule has 2 aromatic rings. The van der Waals surface area contributed by atoms with Crippen molar-refractivity contribution >= 4 is 35.5 Å². The third kappa shape index (κ3) is 4.15. The molecule has 13 heteroatoms. The summed E-state index contributed by atoms with van der Waals surface area (Å²) >= 11 is 0. The number of benzene rings is 1. The van der Waals surface area contributed by atoms with Crippen LogP contribution in [0.2, 0.25) is 0 Å². The number of ether oxygens (including phenoxy) is 4. The van der Waals surface area contributed by atoms with Gasteiger partial charge in [-0.05, 0) is 24.3 Å². The summed E-state index contributed by atoms with van der Waals surface area (Å²) in [6.07, 6.45) is 2.75. The number of hydrogen-bond acceptors (Lipinski definition) is 11. The number of amides is 2. The number of aromatic nitrogens is 1. The Balaban J connectivity index is 1.16. The number of nitrogens with one attached hydrogen (secondary N) is 1. The first-order valence-electron chi connectivity index (χ1n) is 12.1. The number of hydrogen-bond donors (Lipinski definition) is 1. The van der Waals surface area contributed by atoms with Gasteiger partial charge in [-0.3, -0.25) is 29.9 Å². The monoisotopic (exact) mass is 520 g/mol. The van der Waals surface area contributed by atoms with Crippen LogP contribution in [0.1, 0.15) is 22.3 Å². The average molecular weight is 521 g/mol. The van der Waals surface area contributed by atoms with Crippen molar-refractivity contribution in [3.63, 3.8) is 0 Å². The van der Waals surface area contributed by atoms with Gasteiger partial charge in [0.1, 0.15) is 36.9 Å². The van der Waals surface area contributed by atoms with Gasteiger partial charge >= 0.3 is 12.1 Å². The van der Waals surface area contributed by atoms with Gasteiger partial charge in [-0.1, -0.05) is 0 Å². The van der Waals surface area contributed by atoms with E-state index < -0.39 is 18.1 Å². The SMILES string of the molecule is COc1c(OCCOC(=O)N2C[C@H]3CC2C(=O)O3)ccc2c1N=C(NC(=O)c1cccnc1)N1CCN=C21. The molecule has 2 amide bonds. The molecule has 2 saturated heterocycles. The van der Waals surface area contributed by atoms with Crippen LogP contribution in [0.5, 0.6) is 11.5 Å². The van der Waals surface area contributed by atoms with Crippen LogP contribution in [-0.2, 0) is 14.3 Å². The van der Waals surface area contributed by atoms with E-state index in [-0.39, 0.29) is 25.2 Å². The van der Waals surface area contributed by atoms with Crippen LogP contribution in [0.4, 0.5) is 10.5 Å². The van der Waals surface area contributed by atoms with Gasteiger partial charge in [-0.2, -0.15) is 0 Å². The highest BCUT2D eigenvalue weighted by molar-refractivity contribution is 6.20. The second-order valence-electron chi connectivity index (χ2n) is 8.91. The number of pyridine rings is 1. The Kier molecular flexibility index (Phi) is 6.02. The lowest BCUT2D eigenvalue weighted by Gasteiger charge is -2.28. The van der Waals surface area contributed by atoms with Gasteiger partial charge in [-0.15, -0.1) is 0 Å². The largest absolute Gasteiger partial charge is 0.491 e. The summed E-state index contributed by atoms with van der Waals surface area (Å²) in [5.41, 5.74) is 1.61. The topological polar surface area (TPSA) is 144 Å². The maximum Gasteiger partial charge on any atom is 0.410 e. The van der Waals surface area contributed by atoms with Crippen molar-refractivity contribution in [2.45, 2.75) is 18.6 Å². The normalized spacial score (nSPS) is 20.7. The zero-order valence-electron chi connectivity index (χ0n) is 20.5. The van der Waals surface area contributed by atoms with Crippen molar-refractivity contribution in [1.29, 1.82) is 0 Å². The standard InChI is InChI=1S/C25H24N6O7/c1-35-20-18(36-9-10-37-25(34)31-13-15-11-17(31)23(33)38-15)5-4-16-19(20)28-24(30-8-7-27-21(16)30)29-22(32)14-3-2-6-26-12-14/h2-6,12,15,17H,7-11,13H2,1H3,(H,28,29,32)/t15-,17?/m1/s1. The summed E-state index contributed by atoms with van der Waals surface area (Å²) in [5.74, 6) is 1.00. The Labute approximate surface area is 217 Å². The Bertz CT molecular complexity index is 1360. The Morgan fingerprint density at radius 3 is 2.89 bits per heavy atom. The van der Waals surface area contributed by atoms with Crippen LogP contribution in [0, 0.1) is 0 Å². The zero-order chi connectivity index (χ0) is 26.2. The third-order valence-corrected chi connectivity index (χ3v) is 6.62. The highest BCUT2D eigenvalue weighted by Crippen LogP contribution is 2.43. The number of carbonyl (C=O) groups is 3. The fourth-order valence-electron chi connectivity index (χ4n) is 4.89. The number of aliphatic imine (C=N–C) groups is 2. The molecule has 13 nitrogen and oxygen atoms in total. The molecule has 1 unspecified atom stereocenters. The lowest BCUT2D eigenvalue weighted by Crippen LogP contribution is -2.47. The molecular formula is C25H24N6O7. The number of esters is 1. The lowest BCUT2D eigenvalue weighted by atomic mass is 10.1. The van der Waals surface area contributed by atoms with E-state index in [1.807, 2.05) is 11.0 Å². The third-order valence-electron chi connectivity index (χ3n) is 6.62. The molecule has 0 radical (unpaired) electrons. The van der Waals surface area contributed by atoms with Crippen molar-refractivity contribution in [1.82, 2.24) is 20.1 Å². The van der Waals surface area contributed by atoms with Crippen molar-refractivity contribution in [3.05, 3.63) is 47.8 Å². The zero-order valence-corrected chi connectivity index (χ0v) is 20.5. The Hall–Kier alpha value is -4.68. The van der Waals surface area contributed by atoms with E-state index in [0.717, 1.165) is 5.56 Å². The van der Waals surface area contributed by atoms with Crippen molar-refractivity contribution < 1.29 is 33.3 Å². The fourth-order valence-corrected chi connectivity index (χ4v) is 4.89. The summed E-state index contributed by atoms with van der Waals surface area (Å²) in [6.45, 7) is 1.49. The summed E-state index contributed by atoms with van der Waals surface area (Å²) < 4.78 is 21.9. The fraction of sp³-hybridized carbons (Fsp3) is 0.360. The number of guanidine groups is 1. The van der Waals surface area contributed by atoms with Gasteiger partial charge in [0.2, 0.25) is 5.96 Å². The van der Waals surface area contributed by atoms with Crippen LogP contribution in [0.15, 0.2) is 46.6 Å². The number of carbonyl (C=O) groups excluding carboxylic acids is 3. The smallest absolute Gasteiger partial charge is 0.410 e. The highest BCUT2D eigenvalue weighted by Gasteiger charge is 2.49. The average Bonchev–Trinajstić information content (AvgIpc) is 3.67. The summed E-state index contributed by atoms with van der Waals surface area (Å²) in [4.78, 5) is 53.4. The molecule has 4 aliphatic rings. The van der Waals surface area contributed by atoms with E-state index in [0.29, 0.717) is 60.6 Å². The first kappa shape index (κ1) is 23.7. The van der Waals surface area contributed by atoms with E-state index in [2.05, 4.69) is 15.3 Å². The molecule has 5 heterocycles. The number of amidine groups is 1. The minimum atomic E-state index is -0.576. The van der Waals surface area contributed by atoms with Crippen LogP contribution in [-0.4, -0.2) is 96.7 Å². The molecule has 1 N–H and O–H groups in total. The molecule has 2 bridgehead atoms. The second-order valence-corrected chi connectivity index (χ2v) is 8.91. The molecule has 0 aliphatic carbocycles. The molecule has 0 spiro atoms. The Morgan fingerprint density at radius 2 is 2.13 bits per heavy atom. The maximum absolute atomic E-state index is 12.8. The van der Waals surface area contributed by atoms with Gasteiger partial charge in [0, 0.05) is 30.9 Å². The van der Waals surface area contributed by atoms with Crippen LogP contribution >= 0.6 is 0 Å². The minimum Gasteiger partial charge on any atom is -0.491 e. The molecule has 196 valence electrons. The molecule has 38 heavy (non-hydrogen) atoms. The van der Waals surface area contributed by atoms with Gasteiger partial charge in [0.15, 0.2) is 11.5 Å². The van der Waals surface area contributed by atoms with Gasteiger partial charge < -0.3 is 18.9 Å². The molecule has 6 rings (SSSR count). The number of methoxy groups -OCH3 is 1. The van der Waals surface area contributed by atoms with E-state index in [1.165, 1.54) is 18.2 Å². The quantitative estimate of drug-likeness (QED) is 0.437. The van der Waals surface area contributed by atoms with Gasteiger partial charge in [-0.25, -0.2) is 14.6 Å². The number of fused-ring (bicyclic) bond motifs is 5. The van der Waals surface area contributed by atoms with Crippen molar-refractivity contribution in [3.8, 4) is 11.5 Å². The predicted octanol–water partition coefficient (Wildman–Crippen LogP) is 1.10. The first-order valence-corrected chi connectivity index (χ1v) is 12.1. The molecule has 1 aromatic carbocycles. The molecule has 2 atom stereocenters. The van der Waals surface area contributed by atoms with Crippen LogP contribution in [0.25, 0.3) is 0 Å². The second kappa shape index (κ2) is 9.65. The van der Waals surface area contributed by atoms with Crippen molar-refractivity contribution in [2.24, 2.45) is 9.98 Å². The van der Waals surface area contributed by atoms with E-state index in [4.69, 9.17) is 23.9 Å². The molecule has 0 saturated carbocycles. The molecular weight excluding hydrogens is 496 g/mol. The summed E-state index contributed by atoms with van der Waals surface area (Å²) in [6, 6.07) is 6.34. The van der Waals surface area contributed by atoms with Crippen molar-refractivity contribution in [2.75, 3.05) is 40.0 Å². The minimum absolute atomic E-state index is 0.0296. The van der Waals surface area contributed by atoms with Gasteiger partial charge in [0.25, 0.3) is 5.91 Å². The van der Waals surface area contributed by atoms with Crippen LogP contribution < -0.4 is 14.8 Å². The van der Waals surface area contributed by atoms with E-state index >= 15 is 0 Å². The van der Waals surface area contributed by atoms with Gasteiger partial charge in [0.05, 0.1) is 25.8 Å². The number of nitrogens with zero attached hydrogens (tertiary/aromatic N) is 5. The molecule has 1 aromatic heterocycles. The Morgan fingerprint density at radius 1 is 1.24 bits per heavy atom. The number of rotatable bonds is 6. The number of morpholine rings is 1. The van der Waals surface area contributed by atoms with Crippen LogP contribution in [0.3, 0.4) is 0 Å². The molecule has 4 aliphatic heterocycles. The highest BCUT2D eigenvalue weighted by atomic mass is 16.6. The van der Waals surface area contributed by atoms with E-state index in [1.54, 1.807) is 24.4 Å².